The molecule has 0 saturated heterocycles. The van der Waals surface area contributed by atoms with Gasteiger partial charge in [0.2, 0.25) is 0 Å². The summed E-state index contributed by atoms with van der Waals surface area (Å²) < 4.78 is 22.6. The minimum atomic E-state index is -3.82. The highest BCUT2D eigenvalue weighted by Crippen LogP contribution is 2.50. The Morgan fingerprint density at radius 2 is 2.00 bits per heavy atom. The minimum Gasteiger partial charge on any atom is -0.360 e. The van der Waals surface area contributed by atoms with Crippen LogP contribution in [0.3, 0.4) is 0 Å². The third-order valence-corrected chi connectivity index (χ3v) is 4.33. The summed E-state index contributed by atoms with van der Waals surface area (Å²) in [4.78, 5) is 13.1. The van der Waals surface area contributed by atoms with Crippen molar-refractivity contribution in [3.05, 3.63) is 45.5 Å². The van der Waals surface area contributed by atoms with Crippen LogP contribution in [-0.4, -0.2) is 28.4 Å². The molecule has 0 bridgehead atoms. The largest absolute Gasteiger partial charge is 0.442 e. The second kappa shape index (κ2) is 7.07. The van der Waals surface area contributed by atoms with Gasteiger partial charge >= 0.3 is 13.0 Å². The lowest BCUT2D eigenvalue weighted by Crippen LogP contribution is -2.10. The molecule has 0 aliphatic carbocycles. The molecule has 0 spiro atoms. The fraction of sp³-hybridized carbons (Fsp3) is 0.364. The van der Waals surface area contributed by atoms with Crippen LogP contribution in [0.1, 0.15) is 19.4 Å². The number of hydrogen-bond acceptors (Lipinski definition) is 5. The molecule has 1 aromatic carbocycles. The van der Waals surface area contributed by atoms with Gasteiger partial charge in [-0.15, -0.1) is 0 Å². The lowest BCUT2D eigenvalue weighted by molar-refractivity contribution is -0.384. The molecule has 0 saturated carbocycles. The molecule has 9 heteroatoms. The lowest BCUT2D eigenvalue weighted by atomic mass is 10.2. The van der Waals surface area contributed by atoms with Gasteiger partial charge in [0.15, 0.2) is 0 Å². The Morgan fingerprint density at radius 3 is 2.45 bits per heavy atom. The van der Waals surface area contributed by atoms with Gasteiger partial charge < -0.3 is 14.6 Å². The van der Waals surface area contributed by atoms with E-state index in [1.807, 2.05) is 0 Å². The van der Waals surface area contributed by atoms with Gasteiger partial charge in [0, 0.05) is 12.1 Å². The van der Waals surface area contributed by atoms with E-state index in [4.69, 9.17) is 14.6 Å². The topological polar surface area (TPSA) is 115 Å². The average molecular weight is 299 g/mol. The summed E-state index contributed by atoms with van der Waals surface area (Å²) in [6.45, 7) is 3.36. The van der Waals surface area contributed by atoms with E-state index >= 15 is 0 Å². The van der Waals surface area contributed by atoms with Gasteiger partial charge in [-0.25, -0.2) is 4.57 Å². The highest BCUT2D eigenvalue weighted by Gasteiger charge is 2.41. The van der Waals surface area contributed by atoms with E-state index in [1.54, 1.807) is 13.8 Å². The fourth-order valence-corrected chi connectivity index (χ4v) is 3.09. The second-order valence-electron chi connectivity index (χ2n) is 3.56. The van der Waals surface area contributed by atoms with Crippen molar-refractivity contribution in [1.29, 1.82) is 0 Å². The summed E-state index contributed by atoms with van der Waals surface area (Å²) in [5.74, 6) is 0. The van der Waals surface area contributed by atoms with E-state index < -0.39 is 12.5 Å². The molecular weight excluding hydrogens is 285 g/mol. The van der Waals surface area contributed by atoms with Crippen molar-refractivity contribution >= 4 is 18.7 Å². The van der Waals surface area contributed by atoms with E-state index in [1.165, 1.54) is 18.2 Å². The maximum atomic E-state index is 12.5. The molecule has 0 aliphatic heterocycles. The highest BCUT2D eigenvalue weighted by molar-refractivity contribution is 7.72. The number of nitrogens with zero attached hydrogens (tertiary/aromatic N) is 3. The molecule has 20 heavy (non-hydrogen) atoms. The third-order valence-electron chi connectivity index (χ3n) is 2.27. The van der Waals surface area contributed by atoms with Crippen molar-refractivity contribution in [3.8, 4) is 0 Å². The van der Waals surface area contributed by atoms with E-state index in [2.05, 4.69) is 4.79 Å². The van der Waals surface area contributed by atoms with Crippen molar-refractivity contribution < 1.29 is 23.3 Å². The number of rotatable bonds is 7. The van der Waals surface area contributed by atoms with Crippen LogP contribution in [0.15, 0.2) is 24.3 Å². The first kappa shape index (κ1) is 16.2. The van der Waals surface area contributed by atoms with Crippen LogP contribution in [0, 0.1) is 10.1 Å². The third kappa shape index (κ3) is 3.59. The molecule has 0 heterocycles. The molecule has 8 nitrogen and oxygen atoms in total. The van der Waals surface area contributed by atoms with E-state index in [-0.39, 0.29) is 29.9 Å². The van der Waals surface area contributed by atoms with E-state index in [0.29, 0.717) is 0 Å². The molecule has 1 aromatic rings. The van der Waals surface area contributed by atoms with Crippen molar-refractivity contribution in [3.63, 3.8) is 0 Å². The smallest absolute Gasteiger partial charge is 0.360 e. The summed E-state index contributed by atoms with van der Waals surface area (Å²) in [7, 11) is -3.82. The summed E-state index contributed by atoms with van der Waals surface area (Å²) in [5, 5.41) is 10.7. The van der Waals surface area contributed by atoms with Gasteiger partial charge in [0.05, 0.1) is 23.7 Å². The van der Waals surface area contributed by atoms with Gasteiger partial charge in [-0.05, 0) is 19.9 Å². The predicted molar refractivity (Wildman–Crippen MR) is 71.7 cm³/mol. The van der Waals surface area contributed by atoms with Crippen LogP contribution >= 0.6 is 7.60 Å². The van der Waals surface area contributed by atoms with Gasteiger partial charge in [0.25, 0.3) is 5.69 Å². The quantitative estimate of drug-likeness (QED) is 0.192. The van der Waals surface area contributed by atoms with Gasteiger partial charge in [-0.2, -0.15) is 4.79 Å². The Kier molecular flexibility index (Phi) is 5.73. The van der Waals surface area contributed by atoms with Crippen LogP contribution in [0.2, 0.25) is 0 Å². The summed E-state index contributed by atoms with van der Waals surface area (Å²) in [6.07, 6.45) is 0. The van der Waals surface area contributed by atoms with Crippen molar-refractivity contribution in [2.75, 3.05) is 13.2 Å². The molecule has 0 aliphatic rings. The molecule has 0 N–H and O–H groups in total. The van der Waals surface area contributed by atoms with Crippen molar-refractivity contribution in [1.82, 2.24) is 0 Å². The van der Waals surface area contributed by atoms with Crippen molar-refractivity contribution in [2.45, 2.75) is 13.8 Å². The normalized spacial score (nSPS) is 10.9. The first-order chi connectivity index (χ1) is 9.48. The Bertz CT molecular complexity index is 587. The Morgan fingerprint density at radius 1 is 1.40 bits per heavy atom. The monoisotopic (exact) mass is 299 g/mol. The average Bonchev–Trinajstić information content (AvgIpc) is 2.40. The number of nitro groups is 1. The molecular formula is C11H14N3O5P. The van der Waals surface area contributed by atoms with Gasteiger partial charge in [0.1, 0.15) is 0 Å². The van der Waals surface area contributed by atoms with Gasteiger partial charge in [-0.3, -0.25) is 10.1 Å². The zero-order chi connectivity index (χ0) is 15.2. The first-order valence-corrected chi connectivity index (χ1v) is 7.39. The standard InChI is InChI=1S/C11H14N3O5P/c1-3-18-20(17,19-4-2)11(13-12)9-6-5-7-10(8-9)14(15)16/h5-8H,3-4H2,1-2H3. The number of nitro benzene ring substituents is 1. The molecule has 0 radical (unpaired) electrons. The minimum absolute atomic E-state index is 0.0746. The SMILES string of the molecule is CCOP(=O)(OCC)C(=[N+]=[N-])c1cccc([N+](=O)[O-])c1. The molecule has 0 atom stereocenters. The lowest BCUT2D eigenvalue weighted by Gasteiger charge is -2.12. The van der Waals surface area contributed by atoms with Crippen LogP contribution < -0.4 is 0 Å². The molecule has 108 valence electrons. The number of non-ortho nitro benzene ring substituents is 1. The molecule has 0 fully saturated rings. The first-order valence-electron chi connectivity index (χ1n) is 5.85. The Balaban J connectivity index is 3.32. The van der Waals surface area contributed by atoms with Gasteiger partial charge in [-0.1, -0.05) is 6.07 Å². The number of hydrogen-bond donors (Lipinski definition) is 0. The number of benzene rings is 1. The zero-order valence-corrected chi connectivity index (χ0v) is 11.9. The van der Waals surface area contributed by atoms with Crippen LogP contribution in [0.4, 0.5) is 5.69 Å². The molecule has 0 amide bonds. The van der Waals surface area contributed by atoms with Crippen LogP contribution in [0.5, 0.6) is 0 Å². The fourth-order valence-electron chi connectivity index (χ4n) is 1.53. The van der Waals surface area contributed by atoms with Crippen LogP contribution in [-0.2, 0) is 13.6 Å². The maximum Gasteiger partial charge on any atom is 0.442 e. The summed E-state index contributed by atoms with van der Waals surface area (Å²) >= 11 is 0. The second-order valence-corrected chi connectivity index (χ2v) is 5.50. The van der Waals surface area contributed by atoms with E-state index in [0.717, 1.165) is 6.07 Å². The molecule has 1 rings (SSSR count). The zero-order valence-electron chi connectivity index (χ0n) is 11.1. The predicted octanol–water partition coefficient (Wildman–Crippen LogP) is 2.84. The highest BCUT2D eigenvalue weighted by atomic mass is 31.2. The van der Waals surface area contributed by atoms with Crippen molar-refractivity contribution in [2.24, 2.45) is 0 Å². The summed E-state index contributed by atoms with van der Waals surface area (Å²) in [5.41, 5.74) is 8.61. The molecule has 0 aromatic heterocycles. The van der Waals surface area contributed by atoms with Crippen LogP contribution in [0.25, 0.3) is 5.53 Å². The Labute approximate surface area is 115 Å². The molecule has 0 unspecified atom stereocenters. The van der Waals surface area contributed by atoms with E-state index in [9.17, 15) is 14.7 Å². The Hall–Kier alpha value is -1.85. The summed E-state index contributed by atoms with van der Waals surface area (Å²) in [6, 6.07) is 5.22. The maximum absolute atomic E-state index is 12.5.